The van der Waals surface area contributed by atoms with Crippen molar-refractivity contribution in [2.75, 3.05) is 13.1 Å². The number of ketones is 1. The highest BCUT2D eigenvalue weighted by atomic mass is 16.7. The first-order valence-electron chi connectivity index (χ1n) is 13.7. The van der Waals surface area contributed by atoms with E-state index in [4.69, 9.17) is 19.6 Å². The normalized spacial score (nSPS) is 27.1. The fourth-order valence-electron chi connectivity index (χ4n) is 6.71. The van der Waals surface area contributed by atoms with Crippen LogP contribution in [0, 0.1) is 12.8 Å². The highest BCUT2D eigenvalue weighted by molar-refractivity contribution is 6.04. The summed E-state index contributed by atoms with van der Waals surface area (Å²) in [6.45, 7) is 8.71. The summed E-state index contributed by atoms with van der Waals surface area (Å²) in [7, 11) is 0. The molecule has 1 atom stereocenters. The fraction of sp³-hybridized carbons (Fsp3) is 0.484. The molecule has 1 fully saturated rings. The predicted octanol–water partition coefficient (Wildman–Crippen LogP) is 5.49. The molecule has 0 spiro atoms. The van der Waals surface area contributed by atoms with E-state index in [1.54, 1.807) is 11.2 Å². The van der Waals surface area contributed by atoms with Crippen LogP contribution in [0.3, 0.4) is 0 Å². The Labute approximate surface area is 223 Å². The van der Waals surface area contributed by atoms with Crippen LogP contribution in [-0.2, 0) is 11.2 Å². The molecule has 0 bridgehead atoms. The second-order valence-electron chi connectivity index (χ2n) is 11.5. The summed E-state index contributed by atoms with van der Waals surface area (Å²) in [4.78, 5) is 28.7. The van der Waals surface area contributed by atoms with Gasteiger partial charge >= 0.3 is 0 Å². The molecule has 2 aliphatic heterocycles. The van der Waals surface area contributed by atoms with Crippen molar-refractivity contribution in [1.82, 2.24) is 4.90 Å². The maximum absolute atomic E-state index is 14.0. The Hall–Kier alpha value is -3.32. The lowest BCUT2D eigenvalue weighted by Crippen LogP contribution is -2.46. The number of amides is 1. The van der Waals surface area contributed by atoms with Gasteiger partial charge in [-0.25, -0.2) is 0 Å². The molecule has 0 radical (unpaired) electrons. The largest absolute Gasteiger partial charge is 0.464 e. The number of allylic oxidation sites excluding steroid dienone is 3. The van der Waals surface area contributed by atoms with E-state index in [2.05, 4.69) is 6.08 Å². The number of rotatable bonds is 4. The maximum atomic E-state index is 14.0. The number of Topliss-reactive ketones (excluding diaryl/α,β-unsaturated/α-hetero) is 1. The van der Waals surface area contributed by atoms with Gasteiger partial charge in [0.1, 0.15) is 5.76 Å². The molecule has 2 aromatic rings. The average molecular weight is 517 g/mol. The van der Waals surface area contributed by atoms with Gasteiger partial charge < -0.3 is 24.5 Å². The minimum Gasteiger partial charge on any atom is -0.464 e. The smallest absolute Gasteiger partial charge is 0.254 e. The third-order valence-electron chi connectivity index (χ3n) is 8.84. The number of furan rings is 1. The Morgan fingerprint density at radius 3 is 2.47 bits per heavy atom. The summed E-state index contributed by atoms with van der Waals surface area (Å²) in [6.07, 6.45) is 8.50. The number of hydrogen-bond donors (Lipinski definition) is 1. The molecule has 4 aliphatic rings. The molecule has 0 saturated heterocycles. The molecule has 7 heteroatoms. The maximum Gasteiger partial charge on any atom is 0.254 e. The molecule has 38 heavy (non-hydrogen) atoms. The van der Waals surface area contributed by atoms with Gasteiger partial charge in [-0.05, 0) is 76.1 Å². The lowest BCUT2D eigenvalue weighted by molar-refractivity contribution is -0.120. The lowest BCUT2D eigenvalue weighted by Gasteiger charge is -2.36. The number of fused-ring (bicyclic) bond motifs is 2. The molecule has 0 unspecified atom stereocenters. The van der Waals surface area contributed by atoms with Crippen LogP contribution in [0.4, 0.5) is 0 Å². The molecule has 1 aromatic carbocycles. The molecule has 200 valence electrons. The Morgan fingerprint density at radius 1 is 1.05 bits per heavy atom. The van der Waals surface area contributed by atoms with Crippen LogP contribution in [0.25, 0.3) is 11.3 Å². The van der Waals surface area contributed by atoms with Gasteiger partial charge in [0.05, 0.1) is 17.4 Å². The third-order valence-corrected chi connectivity index (χ3v) is 8.84. The van der Waals surface area contributed by atoms with Crippen molar-refractivity contribution >= 4 is 11.7 Å². The van der Waals surface area contributed by atoms with Crippen LogP contribution in [0.5, 0.6) is 11.5 Å². The van der Waals surface area contributed by atoms with Crippen LogP contribution in [-0.4, -0.2) is 41.5 Å². The van der Waals surface area contributed by atoms with Crippen LogP contribution in [0.2, 0.25) is 0 Å². The van der Waals surface area contributed by atoms with Crippen LogP contribution in [0.1, 0.15) is 74.4 Å². The molecule has 2 N–H and O–H groups in total. The van der Waals surface area contributed by atoms with E-state index in [0.717, 1.165) is 59.1 Å². The van der Waals surface area contributed by atoms with Gasteiger partial charge in [0.15, 0.2) is 17.3 Å². The van der Waals surface area contributed by atoms with Crippen molar-refractivity contribution < 1.29 is 23.5 Å². The Bertz CT molecular complexity index is 1380. The first-order valence-corrected chi connectivity index (χ1v) is 13.7. The van der Waals surface area contributed by atoms with Gasteiger partial charge in [0, 0.05) is 49.5 Å². The van der Waals surface area contributed by atoms with Gasteiger partial charge in [0.2, 0.25) is 0 Å². The number of ether oxygens (including phenoxy) is 2. The van der Waals surface area contributed by atoms with Crippen molar-refractivity contribution in [2.45, 2.75) is 78.0 Å². The highest BCUT2D eigenvalue weighted by Crippen LogP contribution is 2.55. The number of carbonyl (C=O) groups is 2. The summed E-state index contributed by atoms with van der Waals surface area (Å²) in [6, 6.07) is 3.98. The molecular formula is C31H36N2O5. The van der Waals surface area contributed by atoms with Crippen molar-refractivity contribution in [3.8, 4) is 22.8 Å². The number of carbonyl (C=O) groups excluding carboxylic acids is 2. The SMILES string of the molecule is CC1=CC(C)=C(CN2CCc3c(c(C)c4c(c3-c3ccco3)O[C@@](C)(C3CCC(N)CC3)O4)C2=O)C(=O)C1. The molecule has 6 rings (SSSR count). The van der Waals surface area contributed by atoms with Crippen molar-refractivity contribution in [3.63, 3.8) is 0 Å². The molecule has 1 saturated carbocycles. The quantitative estimate of drug-likeness (QED) is 0.577. The predicted molar refractivity (Wildman–Crippen MR) is 144 cm³/mol. The summed E-state index contributed by atoms with van der Waals surface area (Å²) in [5.41, 5.74) is 12.0. The summed E-state index contributed by atoms with van der Waals surface area (Å²) in [5.74, 6) is 1.33. The second-order valence-corrected chi connectivity index (χ2v) is 11.5. The number of nitrogens with two attached hydrogens (primary N) is 1. The van der Waals surface area contributed by atoms with E-state index >= 15 is 0 Å². The molecule has 1 aromatic heterocycles. The van der Waals surface area contributed by atoms with Gasteiger partial charge in [-0.1, -0.05) is 11.6 Å². The Morgan fingerprint density at radius 2 is 1.79 bits per heavy atom. The first kappa shape index (κ1) is 25.0. The van der Waals surface area contributed by atoms with Crippen molar-refractivity contribution in [1.29, 1.82) is 0 Å². The topological polar surface area (TPSA) is 95.0 Å². The monoisotopic (exact) mass is 516 g/mol. The minimum absolute atomic E-state index is 0.0837. The van der Waals surface area contributed by atoms with E-state index in [-0.39, 0.29) is 23.7 Å². The zero-order valence-corrected chi connectivity index (χ0v) is 22.7. The van der Waals surface area contributed by atoms with E-state index in [1.165, 1.54) is 0 Å². The molecule has 7 nitrogen and oxygen atoms in total. The zero-order chi connectivity index (χ0) is 26.8. The third kappa shape index (κ3) is 3.99. The standard InChI is InChI=1S/C31H36N2O5/c1-17-14-18(2)23(24(34)15-17)16-33-12-11-22-26(30(33)35)19(3)28-29(27(22)25-6-5-13-36-25)38-31(4,37-28)20-7-9-21(32)10-8-20/h5-6,13-14,20-21H,7-12,15-16,32H2,1-4H3/t20?,21?,31-/m0/s1. The van der Waals surface area contributed by atoms with Crippen molar-refractivity contribution in [2.24, 2.45) is 11.7 Å². The molecule has 3 heterocycles. The zero-order valence-electron chi connectivity index (χ0n) is 22.7. The lowest BCUT2D eigenvalue weighted by atomic mass is 9.81. The van der Waals surface area contributed by atoms with E-state index < -0.39 is 5.79 Å². The van der Waals surface area contributed by atoms with Gasteiger partial charge in [-0.3, -0.25) is 9.59 Å². The average Bonchev–Trinajstić information content (AvgIpc) is 3.52. The summed E-state index contributed by atoms with van der Waals surface area (Å²) in [5, 5.41) is 0. The van der Waals surface area contributed by atoms with Gasteiger partial charge in [0.25, 0.3) is 11.7 Å². The van der Waals surface area contributed by atoms with Gasteiger partial charge in [-0.15, -0.1) is 0 Å². The van der Waals surface area contributed by atoms with Crippen molar-refractivity contribution in [3.05, 3.63) is 57.9 Å². The number of benzene rings is 1. The van der Waals surface area contributed by atoms with Crippen LogP contribution >= 0.6 is 0 Å². The van der Waals surface area contributed by atoms with E-state index in [0.29, 0.717) is 48.8 Å². The highest BCUT2D eigenvalue weighted by Gasteiger charge is 2.49. The molecule has 1 amide bonds. The van der Waals surface area contributed by atoms with Gasteiger partial charge in [-0.2, -0.15) is 0 Å². The second kappa shape index (κ2) is 9.16. The molecular weight excluding hydrogens is 480 g/mol. The van der Waals surface area contributed by atoms with Crippen LogP contribution < -0.4 is 15.2 Å². The Balaban J connectivity index is 1.41. The summed E-state index contributed by atoms with van der Waals surface area (Å²) >= 11 is 0. The number of nitrogens with zero attached hydrogens (tertiary/aromatic N) is 1. The van der Waals surface area contributed by atoms with Crippen LogP contribution in [0.15, 0.2) is 45.6 Å². The fourth-order valence-corrected chi connectivity index (χ4v) is 6.71. The van der Waals surface area contributed by atoms with E-state index in [1.807, 2.05) is 39.8 Å². The summed E-state index contributed by atoms with van der Waals surface area (Å²) < 4.78 is 19.2. The Kier molecular flexibility index (Phi) is 6.02. The van der Waals surface area contributed by atoms with E-state index in [9.17, 15) is 9.59 Å². The number of hydrogen-bond acceptors (Lipinski definition) is 6. The first-order chi connectivity index (χ1) is 18.2. The molecule has 2 aliphatic carbocycles. The minimum atomic E-state index is -0.831.